The number of carbonyl (C=O) groups is 1. The number of anilines is 2. The molecule has 5 rings (SSSR count). The molecule has 3 heterocycles. The number of benzene rings is 1. The first-order valence-electron chi connectivity index (χ1n) is 11.3. The van der Waals surface area contributed by atoms with E-state index >= 15 is 0 Å². The minimum absolute atomic E-state index is 0.00593. The lowest BCUT2D eigenvalue weighted by Crippen LogP contribution is -2.51. The Hall–Kier alpha value is -2.86. The molecular weight excluding hydrogens is 388 g/mol. The van der Waals surface area contributed by atoms with Crippen LogP contribution in [0.1, 0.15) is 50.3 Å². The minimum Gasteiger partial charge on any atom is -0.493 e. The van der Waals surface area contributed by atoms with E-state index in [1.54, 1.807) is 19.1 Å². The number of fused-ring (bicyclic) bond motifs is 1. The maximum absolute atomic E-state index is 12.8. The summed E-state index contributed by atoms with van der Waals surface area (Å²) in [4.78, 5) is 19.1. The van der Waals surface area contributed by atoms with Crippen LogP contribution >= 0.6 is 0 Å². The minimum atomic E-state index is 0.00593. The summed E-state index contributed by atoms with van der Waals surface area (Å²) in [6.45, 7) is 5.79. The van der Waals surface area contributed by atoms with Crippen molar-refractivity contribution < 1.29 is 9.90 Å². The molecule has 1 aliphatic carbocycles. The van der Waals surface area contributed by atoms with Crippen molar-refractivity contribution in [2.24, 2.45) is 11.8 Å². The van der Waals surface area contributed by atoms with Crippen LogP contribution in [0.5, 0.6) is 5.88 Å². The third-order valence-corrected chi connectivity index (χ3v) is 6.90. The van der Waals surface area contributed by atoms with Gasteiger partial charge in [-0.25, -0.2) is 0 Å². The zero-order valence-corrected chi connectivity index (χ0v) is 18.1. The summed E-state index contributed by atoms with van der Waals surface area (Å²) in [6, 6.07) is 12.0. The topological polar surface area (TPSA) is 77.5 Å². The Morgan fingerprint density at radius 2 is 2.10 bits per heavy atom. The Kier molecular flexibility index (Phi) is 5.18. The Morgan fingerprint density at radius 1 is 1.26 bits per heavy atom. The summed E-state index contributed by atoms with van der Waals surface area (Å²) in [5.41, 5.74) is 4.69. The summed E-state index contributed by atoms with van der Waals surface area (Å²) in [5.74, 6) is 1.52. The maximum atomic E-state index is 12.8. The second-order valence-electron chi connectivity index (χ2n) is 9.04. The van der Waals surface area contributed by atoms with Gasteiger partial charge in [0, 0.05) is 37.2 Å². The first kappa shape index (κ1) is 20.1. The number of aromatic hydroxyl groups is 1. The van der Waals surface area contributed by atoms with Gasteiger partial charge in [0.2, 0.25) is 11.8 Å². The second kappa shape index (κ2) is 8.00. The zero-order chi connectivity index (χ0) is 21.5. The molecule has 3 atom stereocenters. The summed E-state index contributed by atoms with van der Waals surface area (Å²) >= 11 is 0. The molecule has 0 bridgehead atoms. The van der Waals surface area contributed by atoms with Gasteiger partial charge in [0.25, 0.3) is 0 Å². The molecule has 3 aliphatic rings. The Labute approximate surface area is 183 Å². The van der Waals surface area contributed by atoms with Crippen LogP contribution in [0, 0.1) is 11.8 Å². The number of nitrogens with one attached hydrogen (secondary N) is 2. The maximum Gasteiger partial charge on any atom is 0.224 e. The highest BCUT2D eigenvalue weighted by molar-refractivity contribution is 5.94. The third-order valence-electron chi connectivity index (χ3n) is 6.90. The quantitative estimate of drug-likeness (QED) is 0.697. The molecule has 6 nitrogen and oxygen atoms in total. The van der Waals surface area contributed by atoms with E-state index in [0.29, 0.717) is 11.7 Å². The lowest BCUT2D eigenvalue weighted by molar-refractivity contribution is -0.117. The van der Waals surface area contributed by atoms with E-state index in [2.05, 4.69) is 46.8 Å². The van der Waals surface area contributed by atoms with Crippen molar-refractivity contribution >= 4 is 23.0 Å². The first-order chi connectivity index (χ1) is 15.0. The number of amides is 1. The van der Waals surface area contributed by atoms with Crippen molar-refractivity contribution in [3.05, 3.63) is 53.6 Å². The monoisotopic (exact) mass is 418 g/mol. The van der Waals surface area contributed by atoms with Crippen LogP contribution in [0.15, 0.2) is 42.5 Å². The number of rotatable bonds is 4. The fourth-order valence-corrected chi connectivity index (χ4v) is 5.31. The molecule has 31 heavy (non-hydrogen) atoms. The largest absolute Gasteiger partial charge is 0.493 e. The molecule has 0 unspecified atom stereocenters. The third kappa shape index (κ3) is 3.81. The standard InChI is InChI=1S/C25H30N4O2/c1-15-24(28-22-4-3-5-23(31)27-22)20-14-19(17-10-12-26-13-11-17)8-9-21(20)29(16(2)30)25(15)18-6-7-18/h3-5,8-10,14-15,18,24-26H,6-7,11-13H2,1-2H3,(H2,27,28,31)/t15-,24-,25-/m1/s1. The molecule has 2 aromatic rings. The van der Waals surface area contributed by atoms with E-state index in [9.17, 15) is 9.90 Å². The van der Waals surface area contributed by atoms with Crippen LogP contribution in [-0.4, -0.2) is 35.1 Å². The van der Waals surface area contributed by atoms with E-state index in [1.165, 1.54) is 24.0 Å². The van der Waals surface area contributed by atoms with Crippen molar-refractivity contribution in [1.82, 2.24) is 10.3 Å². The first-order valence-corrected chi connectivity index (χ1v) is 11.3. The van der Waals surface area contributed by atoms with Gasteiger partial charge in [-0.05, 0) is 66.6 Å². The van der Waals surface area contributed by atoms with E-state index in [4.69, 9.17) is 0 Å². The lowest BCUT2D eigenvalue weighted by atomic mass is 9.79. The van der Waals surface area contributed by atoms with Gasteiger partial charge in [-0.1, -0.05) is 25.1 Å². The van der Waals surface area contributed by atoms with E-state index < -0.39 is 0 Å². The van der Waals surface area contributed by atoms with Crippen LogP contribution in [-0.2, 0) is 4.79 Å². The highest BCUT2D eigenvalue weighted by Gasteiger charge is 2.47. The summed E-state index contributed by atoms with van der Waals surface area (Å²) in [7, 11) is 0. The molecule has 1 amide bonds. The predicted molar refractivity (Wildman–Crippen MR) is 123 cm³/mol. The van der Waals surface area contributed by atoms with Crippen LogP contribution in [0.4, 0.5) is 11.5 Å². The van der Waals surface area contributed by atoms with Crippen LogP contribution in [0.2, 0.25) is 0 Å². The van der Waals surface area contributed by atoms with Crippen molar-refractivity contribution in [2.45, 2.75) is 45.2 Å². The molecule has 2 aliphatic heterocycles. The number of pyridine rings is 1. The zero-order valence-electron chi connectivity index (χ0n) is 18.1. The molecule has 0 spiro atoms. The van der Waals surface area contributed by atoms with Crippen LogP contribution in [0.25, 0.3) is 5.57 Å². The molecule has 162 valence electrons. The smallest absolute Gasteiger partial charge is 0.224 e. The number of aromatic nitrogens is 1. The van der Waals surface area contributed by atoms with Gasteiger partial charge in [-0.2, -0.15) is 4.98 Å². The van der Waals surface area contributed by atoms with Crippen molar-refractivity contribution in [3.63, 3.8) is 0 Å². The number of nitrogens with zero attached hydrogens (tertiary/aromatic N) is 2. The van der Waals surface area contributed by atoms with E-state index in [-0.39, 0.29) is 29.8 Å². The van der Waals surface area contributed by atoms with Crippen LogP contribution < -0.4 is 15.5 Å². The summed E-state index contributed by atoms with van der Waals surface area (Å²) < 4.78 is 0. The Morgan fingerprint density at radius 3 is 2.77 bits per heavy atom. The van der Waals surface area contributed by atoms with Gasteiger partial charge in [0.1, 0.15) is 5.82 Å². The van der Waals surface area contributed by atoms with Gasteiger partial charge < -0.3 is 20.6 Å². The second-order valence-corrected chi connectivity index (χ2v) is 9.04. The van der Waals surface area contributed by atoms with Crippen LogP contribution in [0.3, 0.4) is 0 Å². The predicted octanol–water partition coefficient (Wildman–Crippen LogP) is 4.10. The lowest BCUT2D eigenvalue weighted by Gasteiger charge is -2.46. The molecule has 1 saturated carbocycles. The SMILES string of the molecule is CC(=O)N1c2ccc(C3=CCNCC3)cc2[C@H](Nc2cccc(O)n2)[C@@H](C)[C@@H]1C1CC1. The van der Waals surface area contributed by atoms with E-state index in [0.717, 1.165) is 30.8 Å². The molecular formula is C25H30N4O2. The van der Waals surface area contributed by atoms with Crippen molar-refractivity contribution in [1.29, 1.82) is 0 Å². The van der Waals surface area contributed by atoms with Gasteiger partial charge >= 0.3 is 0 Å². The van der Waals surface area contributed by atoms with Gasteiger partial charge in [-0.3, -0.25) is 4.79 Å². The number of carbonyl (C=O) groups excluding carboxylic acids is 1. The highest BCUT2D eigenvalue weighted by atomic mass is 16.3. The van der Waals surface area contributed by atoms with Gasteiger partial charge in [-0.15, -0.1) is 0 Å². The number of hydrogen-bond donors (Lipinski definition) is 3. The average Bonchev–Trinajstić information content (AvgIpc) is 3.60. The molecule has 1 aromatic carbocycles. The average molecular weight is 419 g/mol. The molecule has 0 radical (unpaired) electrons. The Balaban J connectivity index is 1.61. The molecule has 6 heteroatoms. The van der Waals surface area contributed by atoms with Crippen molar-refractivity contribution in [3.8, 4) is 5.88 Å². The van der Waals surface area contributed by atoms with Gasteiger partial charge in [0.15, 0.2) is 0 Å². The summed E-state index contributed by atoms with van der Waals surface area (Å²) in [6.07, 6.45) is 5.60. The van der Waals surface area contributed by atoms with E-state index in [1.807, 2.05) is 11.0 Å². The molecule has 3 N–H and O–H groups in total. The highest BCUT2D eigenvalue weighted by Crippen LogP contribution is 2.50. The molecule has 1 aromatic heterocycles. The van der Waals surface area contributed by atoms with Gasteiger partial charge in [0.05, 0.1) is 6.04 Å². The Bertz CT molecular complexity index is 1030. The van der Waals surface area contributed by atoms with Crippen molar-refractivity contribution in [2.75, 3.05) is 23.3 Å². The molecule has 1 fully saturated rings. The fraction of sp³-hybridized carbons (Fsp3) is 0.440. The summed E-state index contributed by atoms with van der Waals surface area (Å²) in [5, 5.41) is 16.8. The fourth-order valence-electron chi connectivity index (χ4n) is 5.31. The molecule has 0 saturated heterocycles. The normalized spacial score (nSPS) is 25.5. The number of hydrogen-bond acceptors (Lipinski definition) is 5.